The number of pyridine rings is 1. The maximum atomic E-state index is 12.0. The number of anilines is 1. The van der Waals surface area contributed by atoms with Gasteiger partial charge in [0.2, 0.25) is 0 Å². The van der Waals surface area contributed by atoms with Crippen LogP contribution in [0.1, 0.15) is 34.7 Å². The third-order valence-electron chi connectivity index (χ3n) is 9.74. The third kappa shape index (κ3) is 7.83. The molecular weight excluding hydrogens is 684 g/mol. The number of nitriles is 1. The number of aliphatic hydroxyl groups excluding tert-OH is 1. The zero-order valence-electron chi connectivity index (χ0n) is 29.6. The highest BCUT2D eigenvalue weighted by Gasteiger charge is 2.37. The number of ether oxygens (including phenoxy) is 2. The van der Waals surface area contributed by atoms with E-state index in [0.717, 1.165) is 59.5 Å². The predicted octanol–water partition coefficient (Wildman–Crippen LogP) is 5.90. The van der Waals surface area contributed by atoms with Crippen molar-refractivity contribution in [2.75, 3.05) is 51.8 Å². The molecule has 0 radical (unpaired) electrons. The van der Waals surface area contributed by atoms with Gasteiger partial charge < -0.3 is 33.9 Å². The van der Waals surface area contributed by atoms with Crippen molar-refractivity contribution in [2.45, 2.75) is 39.1 Å². The molecule has 13 heteroatoms. The molecule has 2 aromatic heterocycles. The maximum Gasteiger partial charge on any atom is 0.326 e. The molecule has 52 heavy (non-hydrogen) atoms. The monoisotopic (exact) mass is 724 g/mol. The van der Waals surface area contributed by atoms with E-state index >= 15 is 0 Å². The Hall–Kier alpha value is -5.19. The van der Waals surface area contributed by atoms with Crippen LogP contribution in [0.15, 0.2) is 71.4 Å². The quantitative estimate of drug-likeness (QED) is 0.149. The highest BCUT2D eigenvalue weighted by atomic mass is 35.5. The summed E-state index contributed by atoms with van der Waals surface area (Å²) in [6.45, 7) is 6.97. The van der Waals surface area contributed by atoms with E-state index in [2.05, 4.69) is 47.0 Å². The minimum absolute atomic E-state index is 0.0877. The number of nitrogens with zero attached hydrogens (tertiary/aromatic N) is 6. The van der Waals surface area contributed by atoms with Crippen molar-refractivity contribution < 1.29 is 28.9 Å². The summed E-state index contributed by atoms with van der Waals surface area (Å²) in [6.07, 6.45) is 3.07. The van der Waals surface area contributed by atoms with E-state index in [1.165, 1.54) is 18.0 Å². The van der Waals surface area contributed by atoms with Crippen molar-refractivity contribution in [1.82, 2.24) is 19.8 Å². The second-order valence-corrected chi connectivity index (χ2v) is 13.7. The molecule has 1 fully saturated rings. The highest BCUT2D eigenvalue weighted by molar-refractivity contribution is 6.32. The number of rotatable bonds is 13. The van der Waals surface area contributed by atoms with E-state index in [1.54, 1.807) is 31.4 Å². The number of aromatic nitrogens is 2. The fourth-order valence-electron chi connectivity index (χ4n) is 6.04. The molecule has 3 aromatic carbocycles. The molecule has 0 unspecified atom stereocenters. The first kappa shape index (κ1) is 36.6. The van der Waals surface area contributed by atoms with Gasteiger partial charge in [0.1, 0.15) is 41.8 Å². The summed E-state index contributed by atoms with van der Waals surface area (Å²) in [5.74, 6) is -0.388. The van der Waals surface area contributed by atoms with Crippen molar-refractivity contribution in [3.8, 4) is 28.7 Å². The zero-order chi connectivity index (χ0) is 37.0. The van der Waals surface area contributed by atoms with Crippen LogP contribution >= 0.6 is 11.6 Å². The second-order valence-electron chi connectivity index (χ2n) is 13.3. The Morgan fingerprint density at radius 2 is 1.83 bits per heavy atom. The SMILES string of the molecule is Cc1c(COc2cc(OCc3cncc(C#N)c3)c(CN(C)[C@@](C)(CO)C(=O)O)cc2Cl)cccc1-c1ccc2oc(N3CCN(C)CC3)nc2c1. The third-order valence-corrected chi connectivity index (χ3v) is 10.0. The Balaban J connectivity index is 1.24. The molecule has 1 aliphatic heterocycles. The first-order valence-corrected chi connectivity index (χ1v) is 17.3. The number of carbonyl (C=O) groups is 1. The van der Waals surface area contributed by atoms with Crippen molar-refractivity contribution >= 4 is 34.7 Å². The minimum atomic E-state index is -1.54. The van der Waals surface area contributed by atoms with Crippen LogP contribution in [-0.4, -0.2) is 88.4 Å². The largest absolute Gasteiger partial charge is 0.488 e. The summed E-state index contributed by atoms with van der Waals surface area (Å²) in [4.78, 5) is 26.9. The molecule has 1 atom stereocenters. The molecule has 6 rings (SSSR count). The van der Waals surface area contributed by atoms with E-state index in [1.807, 2.05) is 24.3 Å². The lowest BCUT2D eigenvalue weighted by Gasteiger charge is -2.33. The van der Waals surface area contributed by atoms with Gasteiger partial charge in [0.15, 0.2) is 5.58 Å². The summed E-state index contributed by atoms with van der Waals surface area (Å²) in [6, 6.07) is 19.9. The lowest BCUT2D eigenvalue weighted by molar-refractivity contribution is -0.152. The Morgan fingerprint density at radius 3 is 2.56 bits per heavy atom. The van der Waals surface area contributed by atoms with Gasteiger partial charge in [-0.15, -0.1) is 0 Å². The molecule has 3 heterocycles. The smallest absolute Gasteiger partial charge is 0.326 e. The summed E-state index contributed by atoms with van der Waals surface area (Å²) in [5.41, 5.74) is 5.71. The molecular formula is C39H41ClN6O6. The molecule has 0 aliphatic carbocycles. The predicted molar refractivity (Wildman–Crippen MR) is 198 cm³/mol. The summed E-state index contributed by atoms with van der Waals surface area (Å²) < 4.78 is 18.6. The molecule has 2 N–H and O–H groups in total. The van der Waals surface area contributed by atoms with Crippen LogP contribution in [0.25, 0.3) is 22.2 Å². The molecule has 1 saturated heterocycles. The average Bonchev–Trinajstić information content (AvgIpc) is 3.58. The van der Waals surface area contributed by atoms with E-state index in [4.69, 9.17) is 30.5 Å². The standard InChI is InChI=1S/C39H41ClN6O6/c1-25-29(6-5-7-31(25)28-8-9-34-33(16-28)43-38(52-34)46-12-10-44(3)11-13-46)23-51-36-17-35(50-22-27-14-26(18-41)19-42-20-27)30(15-32(36)40)21-45(4)39(2,24-47)37(48)49/h5-9,14-17,19-20,47H,10-13,21-24H2,1-4H3,(H,48,49)/t39-/m0/s1. The van der Waals surface area contributed by atoms with Crippen LogP contribution in [0.3, 0.4) is 0 Å². The lowest BCUT2D eigenvalue weighted by Crippen LogP contribution is -2.52. The van der Waals surface area contributed by atoms with Gasteiger partial charge in [-0.25, -0.2) is 0 Å². The van der Waals surface area contributed by atoms with Gasteiger partial charge in [-0.3, -0.25) is 14.7 Å². The Kier molecular flexibility index (Phi) is 11.0. The fourth-order valence-corrected chi connectivity index (χ4v) is 6.28. The topological polar surface area (TPSA) is 148 Å². The number of aliphatic carboxylic acids is 1. The van der Waals surface area contributed by atoms with Gasteiger partial charge in [0, 0.05) is 62.3 Å². The van der Waals surface area contributed by atoms with Crippen molar-refractivity contribution in [3.63, 3.8) is 0 Å². The van der Waals surface area contributed by atoms with Crippen LogP contribution in [0, 0.1) is 18.3 Å². The van der Waals surface area contributed by atoms with Gasteiger partial charge >= 0.3 is 5.97 Å². The summed E-state index contributed by atoms with van der Waals surface area (Å²) in [7, 11) is 3.72. The molecule has 1 aliphatic rings. The zero-order valence-corrected chi connectivity index (χ0v) is 30.4. The lowest BCUT2D eigenvalue weighted by atomic mass is 9.96. The molecule has 0 amide bonds. The van der Waals surface area contributed by atoms with Crippen LogP contribution in [0.2, 0.25) is 5.02 Å². The van der Waals surface area contributed by atoms with Crippen LogP contribution in [-0.2, 0) is 24.6 Å². The molecule has 0 bridgehead atoms. The Bertz CT molecular complexity index is 2120. The Morgan fingerprint density at radius 1 is 1.06 bits per heavy atom. The number of piperazine rings is 1. The number of oxazole rings is 1. The van der Waals surface area contributed by atoms with Gasteiger partial charge in [-0.1, -0.05) is 35.9 Å². The van der Waals surface area contributed by atoms with Crippen LogP contribution < -0.4 is 14.4 Å². The fraction of sp³-hybridized carbons (Fsp3) is 0.333. The minimum Gasteiger partial charge on any atom is -0.488 e. The van der Waals surface area contributed by atoms with Crippen molar-refractivity contribution in [2.24, 2.45) is 0 Å². The molecule has 270 valence electrons. The van der Waals surface area contributed by atoms with E-state index in [0.29, 0.717) is 39.2 Å². The molecule has 5 aromatic rings. The van der Waals surface area contributed by atoms with E-state index in [-0.39, 0.29) is 19.8 Å². The second kappa shape index (κ2) is 15.6. The first-order valence-electron chi connectivity index (χ1n) is 16.9. The van der Waals surface area contributed by atoms with Crippen molar-refractivity contribution in [3.05, 3.63) is 99.8 Å². The average molecular weight is 725 g/mol. The number of aliphatic hydroxyl groups is 1. The summed E-state index contributed by atoms with van der Waals surface area (Å²) >= 11 is 6.77. The van der Waals surface area contributed by atoms with E-state index < -0.39 is 18.1 Å². The number of hydrogen-bond acceptors (Lipinski definition) is 11. The highest BCUT2D eigenvalue weighted by Crippen LogP contribution is 2.36. The Labute approximate surface area is 307 Å². The summed E-state index contributed by atoms with van der Waals surface area (Å²) in [5, 5.41) is 29.4. The van der Waals surface area contributed by atoms with Gasteiger partial charge in [-0.2, -0.15) is 10.2 Å². The van der Waals surface area contributed by atoms with Gasteiger partial charge in [-0.05, 0) is 74.5 Å². The molecule has 0 saturated carbocycles. The number of halogens is 1. The van der Waals surface area contributed by atoms with Gasteiger partial charge in [0.25, 0.3) is 6.01 Å². The van der Waals surface area contributed by atoms with Gasteiger partial charge in [0.05, 0.1) is 17.2 Å². The number of benzene rings is 3. The number of carboxylic acids is 1. The normalized spacial score (nSPS) is 14.7. The number of hydrogen-bond donors (Lipinski definition) is 2. The first-order chi connectivity index (χ1) is 25.0. The van der Waals surface area contributed by atoms with E-state index in [9.17, 15) is 20.3 Å². The maximum absolute atomic E-state index is 12.0. The molecule has 0 spiro atoms. The van der Waals surface area contributed by atoms with Crippen LogP contribution in [0.4, 0.5) is 6.01 Å². The number of likely N-dealkylation sites (N-methyl/N-ethyl adjacent to an activating group) is 2. The number of fused-ring (bicyclic) bond motifs is 1. The van der Waals surface area contributed by atoms with Crippen molar-refractivity contribution in [1.29, 1.82) is 5.26 Å². The van der Waals surface area contributed by atoms with Crippen LogP contribution in [0.5, 0.6) is 11.5 Å². The molecule has 12 nitrogen and oxygen atoms in total. The number of carboxylic acid groups (broad SMARTS) is 1.